The lowest BCUT2D eigenvalue weighted by atomic mass is 10.1. The van der Waals surface area contributed by atoms with Gasteiger partial charge in [-0.3, -0.25) is 15.1 Å². The van der Waals surface area contributed by atoms with Crippen LogP contribution in [0.25, 0.3) is 0 Å². The molecular formula is C9H19N3O2. The van der Waals surface area contributed by atoms with Gasteiger partial charge in [-0.25, -0.2) is 5.84 Å². The molecule has 1 aliphatic rings. The second kappa shape index (κ2) is 4.25. The normalized spacial score (nSPS) is 30.3. The van der Waals surface area contributed by atoms with E-state index in [0.29, 0.717) is 13.0 Å². The van der Waals surface area contributed by atoms with Crippen molar-refractivity contribution in [2.45, 2.75) is 38.3 Å². The minimum atomic E-state index is -0.604. The molecule has 1 aliphatic heterocycles. The van der Waals surface area contributed by atoms with Crippen LogP contribution in [0.15, 0.2) is 0 Å². The average molecular weight is 201 g/mol. The van der Waals surface area contributed by atoms with Crippen molar-refractivity contribution in [3.63, 3.8) is 0 Å². The van der Waals surface area contributed by atoms with Crippen LogP contribution in [0.1, 0.15) is 26.7 Å². The number of hydrogen-bond acceptors (Lipinski definition) is 4. The van der Waals surface area contributed by atoms with Gasteiger partial charge in [-0.2, -0.15) is 0 Å². The molecule has 0 aromatic carbocycles. The van der Waals surface area contributed by atoms with E-state index in [1.807, 2.05) is 13.8 Å². The fourth-order valence-electron chi connectivity index (χ4n) is 1.81. The van der Waals surface area contributed by atoms with E-state index in [-0.39, 0.29) is 11.9 Å². The van der Waals surface area contributed by atoms with E-state index in [2.05, 4.69) is 10.3 Å². The second-order valence-corrected chi connectivity index (χ2v) is 4.34. The number of likely N-dealkylation sites (tertiary alicyclic amines) is 1. The molecule has 0 spiro atoms. The number of hydrazine groups is 1. The molecule has 0 aromatic heterocycles. The van der Waals surface area contributed by atoms with Gasteiger partial charge in [0.2, 0.25) is 5.91 Å². The van der Waals surface area contributed by atoms with Crippen LogP contribution in [0.3, 0.4) is 0 Å². The minimum Gasteiger partial charge on any atom is -0.389 e. The number of aliphatic hydroxyl groups is 1. The zero-order valence-corrected chi connectivity index (χ0v) is 8.79. The van der Waals surface area contributed by atoms with Crippen LogP contribution in [0.2, 0.25) is 0 Å². The monoisotopic (exact) mass is 201 g/mol. The van der Waals surface area contributed by atoms with Crippen molar-refractivity contribution in [3.8, 4) is 0 Å². The summed E-state index contributed by atoms with van der Waals surface area (Å²) < 4.78 is 0. The van der Waals surface area contributed by atoms with E-state index in [0.717, 1.165) is 13.0 Å². The van der Waals surface area contributed by atoms with Gasteiger partial charge in [0.25, 0.3) is 0 Å². The van der Waals surface area contributed by atoms with Gasteiger partial charge in [0, 0.05) is 25.6 Å². The lowest BCUT2D eigenvalue weighted by molar-refractivity contribution is -0.122. The third-order valence-corrected chi connectivity index (χ3v) is 2.75. The predicted octanol–water partition coefficient (Wildman–Crippen LogP) is -0.788. The molecule has 14 heavy (non-hydrogen) atoms. The second-order valence-electron chi connectivity index (χ2n) is 4.34. The maximum Gasteiger partial charge on any atom is 0.235 e. The van der Waals surface area contributed by atoms with Crippen LogP contribution in [0.4, 0.5) is 0 Å². The highest BCUT2D eigenvalue weighted by Gasteiger charge is 2.33. The van der Waals surface area contributed by atoms with Crippen LogP contribution in [-0.4, -0.2) is 40.6 Å². The first kappa shape index (κ1) is 11.4. The molecule has 0 saturated carbocycles. The fourth-order valence-corrected chi connectivity index (χ4v) is 1.81. The van der Waals surface area contributed by atoms with E-state index in [9.17, 15) is 9.90 Å². The lowest BCUT2D eigenvalue weighted by Gasteiger charge is -2.24. The lowest BCUT2D eigenvalue weighted by Crippen LogP contribution is -2.40. The third kappa shape index (κ3) is 2.94. The van der Waals surface area contributed by atoms with E-state index >= 15 is 0 Å². The summed E-state index contributed by atoms with van der Waals surface area (Å²) in [7, 11) is 0. The number of nitrogens with one attached hydrogen (secondary N) is 1. The van der Waals surface area contributed by atoms with Crippen LogP contribution in [-0.2, 0) is 4.79 Å². The van der Waals surface area contributed by atoms with Crippen LogP contribution >= 0.6 is 0 Å². The van der Waals surface area contributed by atoms with Crippen molar-refractivity contribution in [3.05, 3.63) is 0 Å². The minimum absolute atomic E-state index is 0.132. The number of nitrogens with zero attached hydrogens (tertiary/aromatic N) is 1. The maximum atomic E-state index is 11.0. The molecule has 2 atom stereocenters. The summed E-state index contributed by atoms with van der Waals surface area (Å²) in [5.74, 6) is 4.84. The SMILES string of the molecule is CC(CC(=O)NN)N1CCC(C)(O)C1. The van der Waals surface area contributed by atoms with Gasteiger partial charge in [0.05, 0.1) is 5.60 Å². The summed E-state index contributed by atoms with van der Waals surface area (Å²) >= 11 is 0. The zero-order valence-electron chi connectivity index (χ0n) is 8.79. The third-order valence-electron chi connectivity index (χ3n) is 2.75. The first-order valence-corrected chi connectivity index (χ1v) is 4.90. The number of carbonyl (C=O) groups excluding carboxylic acids is 1. The summed E-state index contributed by atoms with van der Waals surface area (Å²) in [6.07, 6.45) is 1.15. The molecule has 0 aliphatic carbocycles. The largest absolute Gasteiger partial charge is 0.389 e. The van der Waals surface area contributed by atoms with Gasteiger partial charge < -0.3 is 5.11 Å². The Labute approximate surface area is 84.2 Å². The molecule has 1 heterocycles. The molecule has 2 unspecified atom stereocenters. The Morgan fingerprint density at radius 1 is 1.79 bits per heavy atom. The fraction of sp³-hybridized carbons (Fsp3) is 0.889. The Morgan fingerprint density at radius 3 is 2.86 bits per heavy atom. The molecule has 1 saturated heterocycles. The summed E-state index contributed by atoms with van der Waals surface area (Å²) in [6, 6.07) is 0.132. The smallest absolute Gasteiger partial charge is 0.235 e. The van der Waals surface area contributed by atoms with Crippen molar-refractivity contribution in [2.24, 2.45) is 5.84 Å². The molecule has 0 bridgehead atoms. The summed E-state index contributed by atoms with van der Waals surface area (Å²) in [6.45, 7) is 5.26. The molecule has 1 fully saturated rings. The summed E-state index contributed by atoms with van der Waals surface area (Å²) in [5.41, 5.74) is 1.51. The van der Waals surface area contributed by atoms with Crippen LogP contribution < -0.4 is 11.3 Å². The zero-order chi connectivity index (χ0) is 10.8. The highest BCUT2D eigenvalue weighted by Crippen LogP contribution is 2.22. The first-order valence-electron chi connectivity index (χ1n) is 4.90. The van der Waals surface area contributed by atoms with Gasteiger partial charge in [-0.05, 0) is 20.3 Å². The standard InChI is InChI=1S/C9H19N3O2/c1-7(5-8(13)11-10)12-4-3-9(2,14)6-12/h7,14H,3-6,10H2,1-2H3,(H,11,13). The molecular weight excluding hydrogens is 182 g/mol. The van der Waals surface area contributed by atoms with Gasteiger partial charge in [0.15, 0.2) is 0 Å². The highest BCUT2D eigenvalue weighted by atomic mass is 16.3. The number of hydrogen-bond donors (Lipinski definition) is 3. The van der Waals surface area contributed by atoms with E-state index in [1.54, 1.807) is 0 Å². The van der Waals surface area contributed by atoms with Crippen molar-refractivity contribution in [1.82, 2.24) is 10.3 Å². The van der Waals surface area contributed by atoms with Crippen molar-refractivity contribution in [1.29, 1.82) is 0 Å². The van der Waals surface area contributed by atoms with Crippen molar-refractivity contribution < 1.29 is 9.90 Å². The molecule has 0 radical (unpaired) electrons. The Hall–Kier alpha value is -0.650. The highest BCUT2D eigenvalue weighted by molar-refractivity contribution is 5.75. The number of β-amino-alcohol motifs (C(OH)–C–C–N with tert-alkyl or cyclic N) is 1. The van der Waals surface area contributed by atoms with Crippen molar-refractivity contribution >= 4 is 5.91 Å². The Morgan fingerprint density at radius 2 is 2.43 bits per heavy atom. The molecule has 1 rings (SSSR count). The average Bonchev–Trinajstić information content (AvgIpc) is 2.46. The first-order chi connectivity index (χ1) is 6.44. The van der Waals surface area contributed by atoms with E-state index in [1.165, 1.54) is 0 Å². The number of carbonyl (C=O) groups is 1. The summed E-state index contributed by atoms with van der Waals surface area (Å²) in [5, 5.41) is 9.74. The van der Waals surface area contributed by atoms with Crippen LogP contribution in [0, 0.1) is 0 Å². The van der Waals surface area contributed by atoms with Crippen LogP contribution in [0.5, 0.6) is 0 Å². The van der Waals surface area contributed by atoms with Gasteiger partial charge >= 0.3 is 0 Å². The molecule has 5 nitrogen and oxygen atoms in total. The number of nitrogens with two attached hydrogens (primary N) is 1. The molecule has 5 heteroatoms. The van der Waals surface area contributed by atoms with Gasteiger partial charge in [-0.1, -0.05) is 0 Å². The van der Waals surface area contributed by atoms with E-state index in [4.69, 9.17) is 5.84 Å². The Balaban J connectivity index is 2.39. The van der Waals surface area contributed by atoms with E-state index < -0.39 is 5.60 Å². The van der Waals surface area contributed by atoms with Gasteiger partial charge in [0.1, 0.15) is 0 Å². The van der Waals surface area contributed by atoms with Crippen molar-refractivity contribution in [2.75, 3.05) is 13.1 Å². The number of amides is 1. The van der Waals surface area contributed by atoms with Gasteiger partial charge in [-0.15, -0.1) is 0 Å². The summed E-state index contributed by atoms with van der Waals surface area (Å²) in [4.78, 5) is 13.1. The number of rotatable bonds is 3. The predicted molar refractivity (Wildman–Crippen MR) is 53.2 cm³/mol. The quantitative estimate of drug-likeness (QED) is 0.318. The topological polar surface area (TPSA) is 78.6 Å². The Kier molecular flexibility index (Phi) is 3.47. The molecule has 1 amide bonds. The molecule has 82 valence electrons. The molecule has 4 N–H and O–H groups in total. The molecule has 0 aromatic rings. The maximum absolute atomic E-state index is 11.0. The Bertz CT molecular complexity index is 218.